The van der Waals surface area contributed by atoms with E-state index >= 15 is 0 Å². The number of carbonyl (C=O) groups is 1. The number of esters is 1. The molecule has 0 spiro atoms. The molecule has 106 valence electrons. The van der Waals surface area contributed by atoms with Crippen molar-refractivity contribution in [2.75, 3.05) is 39.6 Å². The number of nitrogens with zero attached hydrogens (tertiary/aromatic N) is 2. The number of hydrogen-bond acceptors (Lipinski definition) is 5. The van der Waals surface area contributed by atoms with E-state index in [4.69, 9.17) is 0 Å². The summed E-state index contributed by atoms with van der Waals surface area (Å²) in [6.45, 7) is 3.79. The van der Waals surface area contributed by atoms with Crippen LogP contribution < -0.4 is 5.32 Å². The van der Waals surface area contributed by atoms with Crippen LogP contribution in [0, 0.1) is 6.92 Å². The van der Waals surface area contributed by atoms with E-state index in [-0.39, 0.29) is 5.97 Å². The zero-order chi connectivity index (χ0) is 14.3. The Kier molecular flexibility index (Phi) is 6.29. The van der Waals surface area contributed by atoms with E-state index in [1.165, 1.54) is 7.11 Å². The normalized spacial score (nSPS) is 10.6. The highest BCUT2D eigenvalue weighted by Gasteiger charge is 2.10. The number of carbonyl (C=O) groups excluding carboxylic acids is 1. The lowest BCUT2D eigenvalue weighted by molar-refractivity contribution is 0.0599. The van der Waals surface area contributed by atoms with Crippen molar-refractivity contribution in [2.24, 2.45) is 0 Å². The molecule has 0 aromatic carbocycles. The smallest absolute Gasteiger partial charge is 0.339 e. The van der Waals surface area contributed by atoms with E-state index in [9.17, 15) is 4.79 Å². The van der Waals surface area contributed by atoms with Gasteiger partial charge < -0.3 is 15.0 Å². The molecule has 1 rings (SSSR count). The Bertz CT molecular complexity index is 419. The van der Waals surface area contributed by atoms with Gasteiger partial charge in [-0.3, -0.25) is 0 Å². The number of aromatic nitrogens is 1. The molecule has 0 saturated heterocycles. The lowest BCUT2D eigenvalue weighted by Crippen LogP contribution is -2.14. The molecule has 0 fully saturated rings. The fourth-order valence-corrected chi connectivity index (χ4v) is 1.75. The predicted octanol–water partition coefficient (Wildman–Crippen LogP) is 1.93. The van der Waals surface area contributed by atoms with Crippen LogP contribution in [0.15, 0.2) is 12.1 Å². The number of rotatable bonds is 7. The van der Waals surface area contributed by atoms with Crippen LogP contribution in [0.4, 0.5) is 5.82 Å². The highest BCUT2D eigenvalue weighted by Crippen LogP contribution is 2.11. The van der Waals surface area contributed by atoms with Crippen LogP contribution in [0.5, 0.6) is 0 Å². The number of hydrogen-bond donors (Lipinski definition) is 1. The van der Waals surface area contributed by atoms with E-state index in [0.29, 0.717) is 11.3 Å². The fraction of sp³-hybridized carbons (Fsp3) is 0.571. The molecule has 5 heteroatoms. The zero-order valence-electron chi connectivity index (χ0n) is 12.2. The van der Waals surface area contributed by atoms with Crippen molar-refractivity contribution in [3.63, 3.8) is 0 Å². The summed E-state index contributed by atoms with van der Waals surface area (Å²) in [5, 5.41) is 3.26. The van der Waals surface area contributed by atoms with Crippen molar-refractivity contribution in [1.82, 2.24) is 9.88 Å². The first-order valence-electron chi connectivity index (χ1n) is 6.49. The highest BCUT2D eigenvalue weighted by atomic mass is 16.5. The van der Waals surface area contributed by atoms with Gasteiger partial charge in [0.05, 0.1) is 18.4 Å². The molecular formula is C14H23N3O2. The van der Waals surface area contributed by atoms with Gasteiger partial charge in [0.2, 0.25) is 0 Å². The van der Waals surface area contributed by atoms with Gasteiger partial charge in [0, 0.05) is 6.54 Å². The number of unbranched alkanes of at least 4 members (excludes halogenated alkanes) is 1. The summed E-state index contributed by atoms with van der Waals surface area (Å²) in [5.74, 6) is 0.456. The van der Waals surface area contributed by atoms with Gasteiger partial charge >= 0.3 is 5.97 Å². The zero-order valence-corrected chi connectivity index (χ0v) is 12.2. The van der Waals surface area contributed by atoms with Gasteiger partial charge in [-0.15, -0.1) is 0 Å². The van der Waals surface area contributed by atoms with Gasteiger partial charge in [0.15, 0.2) is 0 Å². The molecule has 1 aromatic heterocycles. The maximum atomic E-state index is 11.4. The second-order valence-corrected chi connectivity index (χ2v) is 4.76. The van der Waals surface area contributed by atoms with Crippen LogP contribution in [0.2, 0.25) is 0 Å². The van der Waals surface area contributed by atoms with Crippen LogP contribution in [-0.4, -0.2) is 50.1 Å². The number of methoxy groups -OCH3 is 1. The Hall–Kier alpha value is -1.62. The minimum atomic E-state index is -0.345. The quantitative estimate of drug-likeness (QED) is 0.603. The van der Waals surface area contributed by atoms with Gasteiger partial charge in [-0.25, -0.2) is 9.78 Å². The van der Waals surface area contributed by atoms with Gasteiger partial charge in [0.1, 0.15) is 5.82 Å². The summed E-state index contributed by atoms with van der Waals surface area (Å²) in [6, 6.07) is 3.56. The average Bonchev–Trinajstić information content (AvgIpc) is 2.37. The van der Waals surface area contributed by atoms with Gasteiger partial charge in [0.25, 0.3) is 0 Å². The lowest BCUT2D eigenvalue weighted by Gasteiger charge is -2.10. The minimum Gasteiger partial charge on any atom is -0.465 e. The maximum absolute atomic E-state index is 11.4. The Morgan fingerprint density at radius 3 is 2.68 bits per heavy atom. The molecule has 0 unspecified atom stereocenters. The van der Waals surface area contributed by atoms with Gasteiger partial charge in [-0.1, -0.05) is 0 Å². The largest absolute Gasteiger partial charge is 0.465 e. The molecule has 0 radical (unpaired) electrons. The highest BCUT2D eigenvalue weighted by molar-refractivity contribution is 5.90. The summed E-state index contributed by atoms with van der Waals surface area (Å²) < 4.78 is 4.69. The molecule has 0 aliphatic heterocycles. The molecule has 0 bridgehead atoms. The van der Waals surface area contributed by atoms with Crippen molar-refractivity contribution in [1.29, 1.82) is 0 Å². The molecule has 5 nitrogen and oxygen atoms in total. The third-order valence-corrected chi connectivity index (χ3v) is 2.83. The molecule has 0 aliphatic carbocycles. The van der Waals surface area contributed by atoms with Crippen LogP contribution in [-0.2, 0) is 4.74 Å². The van der Waals surface area contributed by atoms with Crippen molar-refractivity contribution < 1.29 is 9.53 Å². The summed E-state index contributed by atoms with van der Waals surface area (Å²) in [6.07, 6.45) is 2.25. The topological polar surface area (TPSA) is 54.5 Å². The number of anilines is 1. The Morgan fingerprint density at radius 1 is 1.37 bits per heavy atom. The Labute approximate surface area is 115 Å². The molecule has 0 saturated carbocycles. The Balaban J connectivity index is 2.43. The Morgan fingerprint density at radius 2 is 2.11 bits per heavy atom. The predicted molar refractivity (Wildman–Crippen MR) is 76.6 cm³/mol. The minimum absolute atomic E-state index is 0.345. The maximum Gasteiger partial charge on any atom is 0.339 e. The van der Waals surface area contributed by atoms with Gasteiger partial charge in [-0.05, 0) is 52.5 Å². The van der Waals surface area contributed by atoms with Crippen LogP contribution in [0.25, 0.3) is 0 Å². The van der Waals surface area contributed by atoms with E-state index < -0.39 is 0 Å². The van der Waals surface area contributed by atoms with Crippen LogP contribution in [0.3, 0.4) is 0 Å². The fourth-order valence-electron chi connectivity index (χ4n) is 1.75. The van der Waals surface area contributed by atoms with E-state index in [2.05, 4.69) is 34.0 Å². The number of aryl methyl sites for hydroxylation is 1. The second kappa shape index (κ2) is 7.74. The number of ether oxygens (including phenoxy) is 1. The van der Waals surface area contributed by atoms with Crippen LogP contribution in [0.1, 0.15) is 28.9 Å². The molecule has 1 heterocycles. The summed E-state index contributed by atoms with van der Waals surface area (Å²) in [4.78, 5) is 17.9. The number of pyridine rings is 1. The standard InChI is InChI=1S/C14H23N3O2/c1-11-12(14(18)19-4)7-8-13(16-11)15-9-5-6-10-17(2)3/h7-8H,5-6,9-10H2,1-4H3,(H,15,16). The monoisotopic (exact) mass is 265 g/mol. The molecule has 0 atom stereocenters. The summed E-state index contributed by atoms with van der Waals surface area (Å²) in [5.41, 5.74) is 1.20. The van der Waals surface area contributed by atoms with Crippen molar-refractivity contribution in [3.8, 4) is 0 Å². The van der Waals surface area contributed by atoms with Crippen molar-refractivity contribution >= 4 is 11.8 Å². The summed E-state index contributed by atoms with van der Waals surface area (Å²) >= 11 is 0. The van der Waals surface area contributed by atoms with Crippen molar-refractivity contribution in [3.05, 3.63) is 23.4 Å². The first kappa shape index (κ1) is 15.4. The third kappa shape index (κ3) is 5.26. The van der Waals surface area contributed by atoms with E-state index in [1.54, 1.807) is 6.07 Å². The molecule has 1 aromatic rings. The molecule has 19 heavy (non-hydrogen) atoms. The van der Waals surface area contributed by atoms with Crippen LogP contribution >= 0.6 is 0 Å². The lowest BCUT2D eigenvalue weighted by atomic mass is 10.2. The second-order valence-electron chi connectivity index (χ2n) is 4.76. The average molecular weight is 265 g/mol. The number of nitrogens with one attached hydrogen (secondary N) is 1. The first-order valence-corrected chi connectivity index (χ1v) is 6.49. The molecule has 1 N–H and O–H groups in total. The first-order chi connectivity index (χ1) is 9.04. The molecular weight excluding hydrogens is 242 g/mol. The SMILES string of the molecule is COC(=O)c1ccc(NCCCCN(C)C)nc1C. The van der Waals surface area contributed by atoms with Crippen molar-refractivity contribution in [2.45, 2.75) is 19.8 Å². The van der Waals surface area contributed by atoms with E-state index in [1.807, 2.05) is 13.0 Å². The molecule has 0 amide bonds. The van der Waals surface area contributed by atoms with E-state index in [0.717, 1.165) is 31.7 Å². The van der Waals surface area contributed by atoms with Gasteiger partial charge in [-0.2, -0.15) is 0 Å². The summed E-state index contributed by atoms with van der Waals surface area (Å²) in [7, 11) is 5.52. The third-order valence-electron chi connectivity index (χ3n) is 2.83. The molecule has 0 aliphatic rings.